The number of carboxylic acids is 1. The van der Waals surface area contributed by atoms with Gasteiger partial charge in [-0.15, -0.1) is 0 Å². The number of rotatable bonds is 4. The summed E-state index contributed by atoms with van der Waals surface area (Å²) in [4.78, 5) is 10.5. The number of benzene rings is 1. The predicted molar refractivity (Wildman–Crippen MR) is 59.3 cm³/mol. The number of halogens is 1. The van der Waals surface area contributed by atoms with Crippen LogP contribution in [0.15, 0.2) is 24.8 Å². The Hall–Kier alpha value is -1.48. The van der Waals surface area contributed by atoms with E-state index in [-0.39, 0.29) is 6.42 Å². The van der Waals surface area contributed by atoms with E-state index >= 15 is 0 Å². The van der Waals surface area contributed by atoms with Crippen molar-refractivity contribution in [2.45, 2.75) is 6.42 Å². The summed E-state index contributed by atoms with van der Waals surface area (Å²) in [5, 5.41) is 9.17. The van der Waals surface area contributed by atoms with Gasteiger partial charge in [0, 0.05) is 10.6 Å². The Morgan fingerprint density at radius 3 is 2.80 bits per heavy atom. The molecule has 0 unspecified atom stereocenters. The van der Waals surface area contributed by atoms with Crippen LogP contribution in [0.2, 0.25) is 5.02 Å². The molecule has 3 nitrogen and oxygen atoms in total. The van der Waals surface area contributed by atoms with Crippen LogP contribution in [-0.4, -0.2) is 18.2 Å². The number of ether oxygens (including phenoxy) is 1. The van der Waals surface area contributed by atoms with E-state index in [1.54, 1.807) is 18.2 Å². The quantitative estimate of drug-likeness (QED) is 0.859. The van der Waals surface area contributed by atoms with Gasteiger partial charge in [-0.2, -0.15) is 0 Å². The van der Waals surface area contributed by atoms with Crippen LogP contribution in [0, 0.1) is 0 Å². The Kier molecular flexibility index (Phi) is 3.74. The van der Waals surface area contributed by atoms with E-state index in [0.717, 1.165) is 0 Å². The van der Waals surface area contributed by atoms with Crippen molar-refractivity contribution in [1.29, 1.82) is 0 Å². The molecule has 1 rings (SSSR count). The molecule has 80 valence electrons. The Morgan fingerprint density at radius 1 is 1.60 bits per heavy atom. The third-order valence-electron chi connectivity index (χ3n) is 1.91. The lowest BCUT2D eigenvalue weighted by Crippen LogP contribution is -1.98. The molecular weight excluding hydrogens is 216 g/mol. The monoisotopic (exact) mass is 226 g/mol. The minimum atomic E-state index is -0.929. The van der Waals surface area contributed by atoms with Crippen molar-refractivity contribution < 1.29 is 14.6 Å². The number of aliphatic carboxylic acids is 1. The molecule has 1 aromatic rings. The maximum Gasteiger partial charge on any atom is 0.307 e. The number of methoxy groups -OCH3 is 1. The van der Waals surface area contributed by atoms with Crippen LogP contribution in [0.25, 0.3) is 5.57 Å². The zero-order valence-electron chi connectivity index (χ0n) is 8.29. The summed E-state index contributed by atoms with van der Waals surface area (Å²) >= 11 is 5.81. The summed E-state index contributed by atoms with van der Waals surface area (Å²) in [5.74, 6) is -0.354. The molecule has 0 atom stereocenters. The maximum absolute atomic E-state index is 10.5. The first-order valence-electron chi connectivity index (χ1n) is 4.28. The molecule has 0 aromatic heterocycles. The van der Waals surface area contributed by atoms with Gasteiger partial charge in [0.25, 0.3) is 0 Å². The van der Waals surface area contributed by atoms with Crippen molar-refractivity contribution in [2.24, 2.45) is 0 Å². The second-order valence-electron chi connectivity index (χ2n) is 3.02. The van der Waals surface area contributed by atoms with E-state index in [9.17, 15) is 4.79 Å². The van der Waals surface area contributed by atoms with Gasteiger partial charge in [-0.05, 0) is 23.8 Å². The molecule has 0 fully saturated rings. The Balaban J connectivity index is 3.05. The topological polar surface area (TPSA) is 46.5 Å². The van der Waals surface area contributed by atoms with Crippen molar-refractivity contribution in [3.63, 3.8) is 0 Å². The molecule has 0 aliphatic rings. The molecule has 0 heterocycles. The zero-order valence-corrected chi connectivity index (χ0v) is 9.04. The van der Waals surface area contributed by atoms with Crippen molar-refractivity contribution in [3.8, 4) is 5.75 Å². The van der Waals surface area contributed by atoms with Crippen LogP contribution in [0.5, 0.6) is 5.75 Å². The van der Waals surface area contributed by atoms with E-state index in [0.29, 0.717) is 21.9 Å². The Morgan fingerprint density at radius 2 is 2.27 bits per heavy atom. The van der Waals surface area contributed by atoms with Gasteiger partial charge in [0.1, 0.15) is 5.75 Å². The van der Waals surface area contributed by atoms with Gasteiger partial charge < -0.3 is 9.84 Å². The van der Waals surface area contributed by atoms with Crippen LogP contribution < -0.4 is 4.74 Å². The molecule has 15 heavy (non-hydrogen) atoms. The minimum Gasteiger partial charge on any atom is -0.496 e. The highest BCUT2D eigenvalue weighted by molar-refractivity contribution is 6.30. The molecule has 0 spiro atoms. The standard InChI is InChI=1S/C11H11ClO3/c1-7(5-11(13)14)9-6-8(12)3-4-10(9)15-2/h3-4,6H,1,5H2,2H3,(H,13,14). The lowest BCUT2D eigenvalue weighted by atomic mass is 10.0. The van der Waals surface area contributed by atoms with E-state index in [4.69, 9.17) is 21.4 Å². The summed E-state index contributed by atoms with van der Waals surface area (Å²) in [7, 11) is 1.51. The first-order chi connectivity index (χ1) is 7.04. The lowest BCUT2D eigenvalue weighted by Gasteiger charge is -2.09. The van der Waals surface area contributed by atoms with Crippen LogP contribution in [0.1, 0.15) is 12.0 Å². The largest absolute Gasteiger partial charge is 0.496 e. The Bertz CT molecular complexity index is 399. The van der Waals surface area contributed by atoms with Gasteiger partial charge in [-0.1, -0.05) is 18.2 Å². The molecule has 0 bridgehead atoms. The number of carbonyl (C=O) groups is 1. The summed E-state index contributed by atoms with van der Waals surface area (Å²) in [5.41, 5.74) is 1.11. The predicted octanol–water partition coefficient (Wildman–Crippen LogP) is 2.84. The normalized spacial score (nSPS) is 9.73. The van der Waals surface area contributed by atoms with Crippen molar-refractivity contribution in [1.82, 2.24) is 0 Å². The lowest BCUT2D eigenvalue weighted by molar-refractivity contribution is -0.135. The highest BCUT2D eigenvalue weighted by Crippen LogP contribution is 2.29. The summed E-state index contributed by atoms with van der Waals surface area (Å²) in [6.07, 6.45) is -0.128. The molecule has 1 N–H and O–H groups in total. The van der Waals surface area contributed by atoms with Crippen LogP contribution in [-0.2, 0) is 4.79 Å². The summed E-state index contributed by atoms with van der Waals surface area (Å²) in [6.45, 7) is 3.70. The summed E-state index contributed by atoms with van der Waals surface area (Å²) < 4.78 is 5.09. The van der Waals surface area contributed by atoms with Gasteiger partial charge >= 0.3 is 5.97 Å². The van der Waals surface area contributed by atoms with Gasteiger partial charge in [-0.25, -0.2) is 0 Å². The number of hydrogen-bond acceptors (Lipinski definition) is 2. The summed E-state index contributed by atoms with van der Waals surface area (Å²) in [6, 6.07) is 5.01. The van der Waals surface area contributed by atoms with Crippen molar-refractivity contribution in [3.05, 3.63) is 35.4 Å². The maximum atomic E-state index is 10.5. The van der Waals surface area contributed by atoms with Crippen LogP contribution >= 0.6 is 11.6 Å². The van der Waals surface area contributed by atoms with Gasteiger partial charge in [0.05, 0.1) is 13.5 Å². The van der Waals surface area contributed by atoms with E-state index in [1.807, 2.05) is 0 Å². The first kappa shape index (κ1) is 11.6. The average Bonchev–Trinajstić information content (AvgIpc) is 2.16. The highest BCUT2D eigenvalue weighted by atomic mass is 35.5. The number of carboxylic acid groups (broad SMARTS) is 1. The van der Waals surface area contributed by atoms with Gasteiger partial charge in [0.15, 0.2) is 0 Å². The Labute approximate surface area is 92.9 Å². The van der Waals surface area contributed by atoms with Crippen LogP contribution in [0.4, 0.5) is 0 Å². The second kappa shape index (κ2) is 4.84. The van der Waals surface area contributed by atoms with Gasteiger partial charge in [0.2, 0.25) is 0 Å². The van der Waals surface area contributed by atoms with E-state index < -0.39 is 5.97 Å². The number of hydrogen-bond donors (Lipinski definition) is 1. The minimum absolute atomic E-state index is 0.128. The molecule has 0 amide bonds. The first-order valence-corrected chi connectivity index (χ1v) is 4.66. The van der Waals surface area contributed by atoms with Crippen LogP contribution in [0.3, 0.4) is 0 Å². The fourth-order valence-corrected chi connectivity index (χ4v) is 1.41. The molecular formula is C11H11ClO3. The fraction of sp³-hybridized carbons (Fsp3) is 0.182. The fourth-order valence-electron chi connectivity index (χ4n) is 1.23. The zero-order chi connectivity index (χ0) is 11.4. The van der Waals surface area contributed by atoms with E-state index in [2.05, 4.69) is 6.58 Å². The van der Waals surface area contributed by atoms with E-state index in [1.165, 1.54) is 7.11 Å². The molecule has 1 aromatic carbocycles. The van der Waals surface area contributed by atoms with Crippen molar-refractivity contribution >= 4 is 23.1 Å². The third-order valence-corrected chi connectivity index (χ3v) is 2.14. The molecule has 4 heteroatoms. The van der Waals surface area contributed by atoms with Crippen molar-refractivity contribution in [2.75, 3.05) is 7.11 Å². The molecule has 0 aliphatic carbocycles. The highest BCUT2D eigenvalue weighted by Gasteiger charge is 2.10. The molecule has 0 saturated heterocycles. The van der Waals surface area contributed by atoms with Gasteiger partial charge in [-0.3, -0.25) is 4.79 Å². The molecule has 0 radical (unpaired) electrons. The molecule has 0 saturated carbocycles. The smallest absolute Gasteiger partial charge is 0.307 e. The second-order valence-corrected chi connectivity index (χ2v) is 3.46. The molecule has 0 aliphatic heterocycles. The average molecular weight is 227 g/mol. The third kappa shape index (κ3) is 2.99. The SMILES string of the molecule is C=C(CC(=O)O)c1cc(Cl)ccc1OC.